The van der Waals surface area contributed by atoms with Crippen molar-refractivity contribution in [2.75, 3.05) is 26.8 Å². The lowest BCUT2D eigenvalue weighted by Gasteiger charge is -2.15. The second-order valence-corrected chi connectivity index (χ2v) is 12.2. The number of ether oxygens (including phenoxy) is 3. The summed E-state index contributed by atoms with van der Waals surface area (Å²) in [7, 11) is 3.92. The van der Waals surface area contributed by atoms with Gasteiger partial charge in [0.05, 0.1) is 42.8 Å². The molecule has 0 spiro atoms. The summed E-state index contributed by atoms with van der Waals surface area (Å²) in [5.41, 5.74) is 6.65. The molecule has 0 unspecified atom stereocenters. The highest BCUT2D eigenvalue weighted by molar-refractivity contribution is 9.08. The van der Waals surface area contributed by atoms with Crippen molar-refractivity contribution in [1.82, 2.24) is 19.7 Å². The number of aryl methyl sites for hydroxylation is 3. The molecule has 1 N–H and O–H groups in total. The number of alkyl halides is 1. The molecule has 0 saturated heterocycles. The van der Waals surface area contributed by atoms with Gasteiger partial charge in [0.15, 0.2) is 0 Å². The Hall–Kier alpha value is -3.37. The topological polar surface area (TPSA) is 79.5 Å². The monoisotopic (exact) mass is 724 g/mol. The van der Waals surface area contributed by atoms with Crippen LogP contribution in [0, 0.1) is 0 Å². The molecule has 0 atom stereocenters. The summed E-state index contributed by atoms with van der Waals surface area (Å²) in [6.07, 6.45) is 2.33. The first kappa shape index (κ1) is 36.5. The van der Waals surface area contributed by atoms with Gasteiger partial charge in [0.25, 0.3) is 0 Å². The van der Waals surface area contributed by atoms with Gasteiger partial charge in [-0.15, -0.1) is 12.4 Å². The third-order valence-electron chi connectivity index (χ3n) is 8.23. The maximum atomic E-state index is 13.8. The number of halogens is 2. The Bertz CT molecular complexity index is 1790. The first-order valence-electron chi connectivity index (χ1n) is 16.2. The maximum Gasteiger partial charge on any atom is 0.355 e. The number of para-hydroxylation sites is 1. The molecule has 0 radical (unpaired) electrons. The molecule has 2 heterocycles. The largest absolute Gasteiger partial charge is 0.493 e. The van der Waals surface area contributed by atoms with Crippen molar-refractivity contribution in [3.05, 3.63) is 83.3 Å². The first-order valence-corrected chi connectivity index (χ1v) is 17.3. The van der Waals surface area contributed by atoms with Crippen LogP contribution in [-0.4, -0.2) is 53.2 Å². The number of nitrogens with zero attached hydrogens (tertiary/aromatic N) is 3. The molecule has 10 heteroatoms. The highest BCUT2D eigenvalue weighted by Crippen LogP contribution is 2.39. The molecule has 0 saturated carbocycles. The van der Waals surface area contributed by atoms with E-state index in [9.17, 15) is 4.79 Å². The van der Waals surface area contributed by atoms with Crippen LogP contribution in [0.4, 0.5) is 0 Å². The molecule has 3 aromatic carbocycles. The first-order chi connectivity index (χ1) is 22.4. The van der Waals surface area contributed by atoms with Gasteiger partial charge in [-0.1, -0.05) is 70.5 Å². The van der Waals surface area contributed by atoms with E-state index in [1.165, 1.54) is 0 Å². The molecule has 47 heavy (non-hydrogen) atoms. The van der Waals surface area contributed by atoms with Crippen LogP contribution < -0.4 is 10.1 Å². The number of nitrogens with one attached hydrogen (secondary N) is 1. The van der Waals surface area contributed by atoms with Gasteiger partial charge in [-0.05, 0) is 70.6 Å². The van der Waals surface area contributed by atoms with E-state index in [0.717, 1.165) is 74.9 Å². The van der Waals surface area contributed by atoms with Crippen LogP contribution in [0.15, 0.2) is 60.7 Å². The Morgan fingerprint density at radius 3 is 2.51 bits per heavy atom. The van der Waals surface area contributed by atoms with Crippen LogP contribution in [0.5, 0.6) is 5.75 Å². The van der Waals surface area contributed by atoms with E-state index in [1.54, 1.807) is 0 Å². The third-order valence-corrected chi connectivity index (χ3v) is 8.76. The Balaban J connectivity index is 0.00000500. The molecule has 0 aliphatic heterocycles. The predicted molar refractivity (Wildman–Crippen MR) is 196 cm³/mol. The number of esters is 1. The van der Waals surface area contributed by atoms with E-state index in [0.29, 0.717) is 43.8 Å². The summed E-state index contributed by atoms with van der Waals surface area (Å²) in [5, 5.41) is 12.1. The van der Waals surface area contributed by atoms with Gasteiger partial charge in [0, 0.05) is 40.8 Å². The minimum atomic E-state index is -0.297. The molecule has 252 valence electrons. The second kappa shape index (κ2) is 17.2. The molecule has 0 aliphatic rings. The zero-order valence-corrected chi connectivity index (χ0v) is 30.4. The Kier molecular flexibility index (Phi) is 13.3. The quantitative estimate of drug-likeness (QED) is 0.0628. The Morgan fingerprint density at radius 1 is 1.02 bits per heavy atom. The average molecular weight is 726 g/mol. The number of fused-ring (bicyclic) bond motifs is 2. The zero-order chi connectivity index (χ0) is 32.6. The normalized spacial score (nSPS) is 11.4. The molecule has 0 fully saturated rings. The molecular weight excluding hydrogens is 680 g/mol. The summed E-state index contributed by atoms with van der Waals surface area (Å²) >= 11 is 3.72. The fraction of sp³-hybridized carbons (Fsp3) is 0.405. The number of rotatable bonds is 16. The van der Waals surface area contributed by atoms with Gasteiger partial charge in [0.2, 0.25) is 0 Å². The number of carbonyl (C=O) groups excluding carboxylic acids is 1. The summed E-state index contributed by atoms with van der Waals surface area (Å²) in [4.78, 5) is 13.8. The molecule has 0 bridgehead atoms. The highest BCUT2D eigenvalue weighted by Gasteiger charge is 2.28. The SMILES string of the molecule is CCOC(=O)c1c(CCCOc2cccc3ccccc23)c2cccc(-c3c(COC(C)C)nn(C)c3CBr)c2n1CCCNC.Cl. The molecule has 0 amide bonds. The molecular formula is C37H46BrClN4O4. The lowest BCUT2D eigenvalue weighted by atomic mass is 9.98. The van der Waals surface area contributed by atoms with Crippen LogP contribution in [0.1, 0.15) is 61.1 Å². The van der Waals surface area contributed by atoms with E-state index >= 15 is 0 Å². The summed E-state index contributed by atoms with van der Waals surface area (Å²) < 4.78 is 22.2. The second-order valence-electron chi connectivity index (χ2n) is 11.7. The van der Waals surface area contributed by atoms with E-state index in [2.05, 4.69) is 62.2 Å². The van der Waals surface area contributed by atoms with Crippen molar-refractivity contribution in [2.24, 2.45) is 7.05 Å². The van der Waals surface area contributed by atoms with Crippen LogP contribution in [0.25, 0.3) is 32.8 Å². The lowest BCUT2D eigenvalue weighted by Crippen LogP contribution is -2.17. The fourth-order valence-corrected chi connectivity index (χ4v) is 6.83. The number of aromatic nitrogens is 3. The van der Waals surface area contributed by atoms with E-state index in [-0.39, 0.29) is 24.5 Å². The van der Waals surface area contributed by atoms with Crippen molar-refractivity contribution in [2.45, 2.75) is 64.6 Å². The van der Waals surface area contributed by atoms with Crippen molar-refractivity contribution in [3.8, 4) is 16.9 Å². The van der Waals surface area contributed by atoms with E-state index < -0.39 is 0 Å². The summed E-state index contributed by atoms with van der Waals surface area (Å²) in [6, 6.07) is 20.7. The van der Waals surface area contributed by atoms with Crippen molar-refractivity contribution in [3.63, 3.8) is 0 Å². The van der Waals surface area contributed by atoms with Gasteiger partial charge < -0.3 is 24.1 Å². The van der Waals surface area contributed by atoms with E-state index in [4.69, 9.17) is 19.3 Å². The number of hydrogen-bond acceptors (Lipinski definition) is 6. The Labute approximate surface area is 292 Å². The van der Waals surface area contributed by atoms with Gasteiger partial charge in [-0.2, -0.15) is 5.10 Å². The van der Waals surface area contributed by atoms with Gasteiger partial charge >= 0.3 is 5.97 Å². The lowest BCUT2D eigenvalue weighted by molar-refractivity contribution is 0.0512. The fourth-order valence-electron chi connectivity index (χ4n) is 6.19. The smallest absolute Gasteiger partial charge is 0.355 e. The number of carbonyl (C=O) groups is 1. The Morgan fingerprint density at radius 2 is 1.77 bits per heavy atom. The number of benzene rings is 3. The molecule has 8 nitrogen and oxygen atoms in total. The van der Waals surface area contributed by atoms with Gasteiger partial charge in [-0.25, -0.2) is 4.79 Å². The molecule has 0 aliphatic carbocycles. The summed E-state index contributed by atoms with van der Waals surface area (Å²) in [5.74, 6) is 0.574. The number of hydrogen-bond donors (Lipinski definition) is 1. The van der Waals surface area contributed by atoms with Crippen LogP contribution in [0.2, 0.25) is 0 Å². The zero-order valence-electron chi connectivity index (χ0n) is 28.0. The maximum absolute atomic E-state index is 13.8. The molecule has 2 aromatic heterocycles. The average Bonchev–Trinajstić information content (AvgIpc) is 3.55. The highest BCUT2D eigenvalue weighted by atomic mass is 79.9. The molecule has 5 rings (SSSR count). The van der Waals surface area contributed by atoms with Gasteiger partial charge in [-0.3, -0.25) is 4.68 Å². The van der Waals surface area contributed by atoms with Crippen LogP contribution in [0.3, 0.4) is 0 Å². The van der Waals surface area contributed by atoms with Crippen LogP contribution >= 0.6 is 28.3 Å². The summed E-state index contributed by atoms with van der Waals surface area (Å²) in [6.45, 7) is 8.63. The third kappa shape index (κ3) is 8.03. The van der Waals surface area contributed by atoms with Crippen molar-refractivity contribution in [1.29, 1.82) is 0 Å². The molecule has 5 aromatic rings. The van der Waals surface area contributed by atoms with Crippen molar-refractivity contribution < 1.29 is 19.0 Å². The minimum absolute atomic E-state index is 0. The predicted octanol–water partition coefficient (Wildman–Crippen LogP) is 8.23. The van der Waals surface area contributed by atoms with Gasteiger partial charge in [0.1, 0.15) is 11.4 Å². The van der Waals surface area contributed by atoms with Crippen molar-refractivity contribution >= 4 is 56.0 Å². The van der Waals surface area contributed by atoms with E-state index in [1.807, 2.05) is 63.8 Å². The standard InChI is InChI=1S/C37H45BrN4O4.ClH/c1-6-44-37(43)36-29(18-11-22-45-33-19-9-14-26-13-7-8-15-27(26)33)28-16-10-17-30(35(28)42(36)21-12-20-39-4)34-31(24-46-25(2)3)40-41(5)32(34)23-38;/h7-10,13-17,19,25,39H,6,11-12,18,20-24H2,1-5H3;1H. The minimum Gasteiger partial charge on any atom is -0.493 e. The van der Waals surface area contributed by atoms with Crippen LogP contribution in [-0.2, 0) is 41.4 Å².